The first kappa shape index (κ1) is 13.3. The molecule has 5 heteroatoms. The fourth-order valence-electron chi connectivity index (χ4n) is 1.88. The van der Waals surface area contributed by atoms with Gasteiger partial charge < -0.3 is 11.1 Å². The number of anilines is 1. The summed E-state index contributed by atoms with van der Waals surface area (Å²) in [5.41, 5.74) is 9.06. The number of benzene rings is 1. The van der Waals surface area contributed by atoms with Crippen LogP contribution in [-0.2, 0) is 4.79 Å². The smallest absolute Gasteiger partial charge is 0.241 e. The van der Waals surface area contributed by atoms with E-state index >= 15 is 0 Å². The molecule has 1 aromatic heterocycles. The monoisotopic (exact) mass is 258 g/mol. The molecule has 0 aliphatic heterocycles. The lowest BCUT2D eigenvalue weighted by Gasteiger charge is -2.13. The fourth-order valence-corrected chi connectivity index (χ4v) is 1.88. The van der Waals surface area contributed by atoms with Crippen molar-refractivity contribution in [2.24, 2.45) is 5.73 Å². The van der Waals surface area contributed by atoms with E-state index < -0.39 is 6.04 Å². The maximum atomic E-state index is 11.7. The number of aromatic nitrogens is 2. The Morgan fingerprint density at radius 2 is 2.05 bits per heavy atom. The molecule has 1 heterocycles. The minimum atomic E-state index is -0.548. The van der Waals surface area contributed by atoms with Crippen molar-refractivity contribution in [3.63, 3.8) is 0 Å². The van der Waals surface area contributed by atoms with Gasteiger partial charge in [0.1, 0.15) is 0 Å². The molecule has 0 bridgehead atoms. The van der Waals surface area contributed by atoms with Crippen LogP contribution in [0.5, 0.6) is 0 Å². The third kappa shape index (κ3) is 2.82. The molecule has 19 heavy (non-hydrogen) atoms. The summed E-state index contributed by atoms with van der Waals surface area (Å²) in [7, 11) is 0. The van der Waals surface area contributed by atoms with Crippen molar-refractivity contribution in [3.05, 3.63) is 41.7 Å². The van der Waals surface area contributed by atoms with E-state index in [0.29, 0.717) is 5.69 Å². The largest absolute Gasteiger partial charge is 0.323 e. The van der Waals surface area contributed by atoms with E-state index in [1.807, 2.05) is 48.9 Å². The van der Waals surface area contributed by atoms with Crippen molar-refractivity contribution in [1.82, 2.24) is 9.78 Å². The number of carbonyl (C=O) groups is 1. The van der Waals surface area contributed by atoms with Crippen LogP contribution in [0.2, 0.25) is 0 Å². The summed E-state index contributed by atoms with van der Waals surface area (Å²) in [6.07, 6.45) is 0. The summed E-state index contributed by atoms with van der Waals surface area (Å²) in [6, 6.07) is 8.97. The lowest BCUT2D eigenvalue weighted by molar-refractivity contribution is -0.117. The van der Waals surface area contributed by atoms with Gasteiger partial charge in [0.15, 0.2) is 0 Å². The molecule has 0 unspecified atom stereocenters. The molecule has 1 aromatic carbocycles. The molecule has 100 valence electrons. The van der Waals surface area contributed by atoms with Crippen molar-refractivity contribution in [1.29, 1.82) is 0 Å². The molecular weight excluding hydrogens is 240 g/mol. The third-order valence-corrected chi connectivity index (χ3v) is 2.81. The fraction of sp³-hybridized carbons (Fsp3) is 0.286. The molecule has 0 saturated heterocycles. The highest BCUT2D eigenvalue weighted by molar-refractivity contribution is 5.96. The average molecular weight is 258 g/mol. The van der Waals surface area contributed by atoms with E-state index in [0.717, 1.165) is 17.1 Å². The van der Waals surface area contributed by atoms with E-state index in [1.165, 1.54) is 0 Å². The highest BCUT2D eigenvalue weighted by atomic mass is 16.2. The van der Waals surface area contributed by atoms with Gasteiger partial charge in [-0.05, 0) is 39.0 Å². The Hall–Kier alpha value is -2.14. The van der Waals surface area contributed by atoms with Gasteiger partial charge in [0.2, 0.25) is 5.91 Å². The number of nitrogens with two attached hydrogens (primary N) is 1. The molecular formula is C14H18N4O. The molecule has 2 aromatic rings. The molecule has 0 radical (unpaired) electrons. The Morgan fingerprint density at radius 1 is 1.37 bits per heavy atom. The van der Waals surface area contributed by atoms with Crippen LogP contribution in [-0.4, -0.2) is 21.7 Å². The quantitative estimate of drug-likeness (QED) is 0.881. The van der Waals surface area contributed by atoms with Gasteiger partial charge in [-0.1, -0.05) is 12.1 Å². The van der Waals surface area contributed by atoms with Gasteiger partial charge in [-0.2, -0.15) is 5.10 Å². The second kappa shape index (κ2) is 5.24. The first-order valence-electron chi connectivity index (χ1n) is 6.18. The zero-order valence-electron chi connectivity index (χ0n) is 11.3. The van der Waals surface area contributed by atoms with E-state index in [4.69, 9.17) is 5.73 Å². The van der Waals surface area contributed by atoms with Gasteiger partial charge in [-0.25, -0.2) is 4.68 Å². The molecule has 0 aliphatic carbocycles. The highest BCUT2D eigenvalue weighted by Gasteiger charge is 2.12. The predicted molar refractivity (Wildman–Crippen MR) is 75.3 cm³/mol. The van der Waals surface area contributed by atoms with Crippen LogP contribution in [0.1, 0.15) is 18.3 Å². The van der Waals surface area contributed by atoms with Crippen LogP contribution >= 0.6 is 0 Å². The van der Waals surface area contributed by atoms with Gasteiger partial charge in [0.25, 0.3) is 0 Å². The Labute approximate surface area is 112 Å². The van der Waals surface area contributed by atoms with Gasteiger partial charge in [0.05, 0.1) is 23.1 Å². The molecule has 5 nitrogen and oxygen atoms in total. The van der Waals surface area contributed by atoms with E-state index in [9.17, 15) is 4.79 Å². The normalized spacial score (nSPS) is 12.2. The van der Waals surface area contributed by atoms with Crippen LogP contribution in [0, 0.1) is 13.8 Å². The Balaban J connectivity index is 2.42. The molecule has 1 atom stereocenters. The van der Waals surface area contributed by atoms with Crippen molar-refractivity contribution >= 4 is 11.6 Å². The standard InChI is InChI=1S/C14H18N4O/c1-9-8-10(2)18(17-9)13-7-5-4-6-12(13)16-14(19)11(3)15/h4-8,11H,15H2,1-3H3,(H,16,19)/t11-/m0/s1. The van der Waals surface area contributed by atoms with Crippen LogP contribution in [0.4, 0.5) is 5.69 Å². The number of nitrogens with zero attached hydrogens (tertiary/aromatic N) is 2. The van der Waals surface area contributed by atoms with Gasteiger partial charge in [0, 0.05) is 5.69 Å². The maximum absolute atomic E-state index is 11.7. The zero-order valence-corrected chi connectivity index (χ0v) is 11.3. The summed E-state index contributed by atoms with van der Waals surface area (Å²) < 4.78 is 1.81. The SMILES string of the molecule is Cc1cc(C)n(-c2ccccc2NC(=O)[C@H](C)N)n1. The first-order valence-corrected chi connectivity index (χ1v) is 6.18. The topological polar surface area (TPSA) is 72.9 Å². The number of hydrogen-bond acceptors (Lipinski definition) is 3. The van der Waals surface area contributed by atoms with E-state index in [1.54, 1.807) is 6.92 Å². The van der Waals surface area contributed by atoms with Crippen molar-refractivity contribution < 1.29 is 4.79 Å². The molecule has 0 fully saturated rings. The number of para-hydroxylation sites is 2. The minimum Gasteiger partial charge on any atom is -0.323 e. The molecule has 0 aliphatic rings. The number of rotatable bonds is 3. The Morgan fingerprint density at radius 3 is 2.63 bits per heavy atom. The van der Waals surface area contributed by atoms with Crippen LogP contribution in [0.3, 0.4) is 0 Å². The third-order valence-electron chi connectivity index (χ3n) is 2.81. The van der Waals surface area contributed by atoms with Gasteiger partial charge >= 0.3 is 0 Å². The van der Waals surface area contributed by atoms with Crippen LogP contribution in [0.15, 0.2) is 30.3 Å². The second-order valence-electron chi connectivity index (χ2n) is 4.63. The molecule has 0 saturated carbocycles. The lowest BCUT2D eigenvalue weighted by atomic mass is 10.2. The van der Waals surface area contributed by atoms with Crippen molar-refractivity contribution in [2.45, 2.75) is 26.8 Å². The molecule has 1 amide bonds. The summed E-state index contributed by atoms with van der Waals surface area (Å²) in [6.45, 7) is 5.57. The van der Waals surface area contributed by atoms with Crippen LogP contribution < -0.4 is 11.1 Å². The Bertz CT molecular complexity index is 601. The summed E-state index contributed by atoms with van der Waals surface area (Å²) in [5, 5.41) is 7.25. The van der Waals surface area contributed by atoms with E-state index in [2.05, 4.69) is 10.4 Å². The van der Waals surface area contributed by atoms with Crippen LogP contribution in [0.25, 0.3) is 5.69 Å². The van der Waals surface area contributed by atoms with Crippen molar-refractivity contribution in [3.8, 4) is 5.69 Å². The maximum Gasteiger partial charge on any atom is 0.241 e. The minimum absolute atomic E-state index is 0.214. The van der Waals surface area contributed by atoms with Gasteiger partial charge in [-0.15, -0.1) is 0 Å². The van der Waals surface area contributed by atoms with Gasteiger partial charge in [-0.3, -0.25) is 4.79 Å². The summed E-state index contributed by atoms with van der Waals surface area (Å²) in [4.78, 5) is 11.7. The molecule has 0 spiro atoms. The summed E-state index contributed by atoms with van der Waals surface area (Å²) >= 11 is 0. The van der Waals surface area contributed by atoms with Crippen molar-refractivity contribution in [2.75, 3.05) is 5.32 Å². The number of aryl methyl sites for hydroxylation is 2. The second-order valence-corrected chi connectivity index (χ2v) is 4.63. The number of hydrogen-bond donors (Lipinski definition) is 2. The average Bonchev–Trinajstić information content (AvgIpc) is 2.69. The summed E-state index contributed by atoms with van der Waals surface area (Å²) in [5.74, 6) is -0.214. The number of nitrogens with one attached hydrogen (secondary N) is 1. The number of carbonyl (C=O) groups excluding carboxylic acids is 1. The zero-order chi connectivity index (χ0) is 14.0. The number of amides is 1. The highest BCUT2D eigenvalue weighted by Crippen LogP contribution is 2.21. The van der Waals surface area contributed by atoms with E-state index in [-0.39, 0.29) is 5.91 Å². The first-order chi connectivity index (χ1) is 8.99. The molecule has 2 rings (SSSR count). The Kier molecular flexibility index (Phi) is 3.66. The predicted octanol–water partition coefficient (Wildman–Crippen LogP) is 1.77. The molecule has 3 N–H and O–H groups in total. The lowest BCUT2D eigenvalue weighted by Crippen LogP contribution is -2.32.